The van der Waals surface area contributed by atoms with Crippen LogP contribution in [0.1, 0.15) is 97.5 Å². The first-order valence-electron chi connectivity index (χ1n) is 13.6. The predicted octanol–water partition coefficient (Wildman–Crippen LogP) is 7.65. The number of hydrogen-bond acceptors (Lipinski definition) is 5. The molecule has 2 saturated heterocycles. The summed E-state index contributed by atoms with van der Waals surface area (Å²) in [4.78, 5) is 0. The summed E-state index contributed by atoms with van der Waals surface area (Å²) < 4.78 is 24.9. The van der Waals surface area contributed by atoms with Gasteiger partial charge in [0.2, 0.25) is 0 Å². The highest BCUT2D eigenvalue weighted by molar-refractivity contribution is 6.35. The third kappa shape index (κ3) is 8.84. The van der Waals surface area contributed by atoms with Crippen LogP contribution >= 0.6 is 23.2 Å². The molecule has 3 rings (SSSR count). The molecule has 0 saturated carbocycles. The normalized spacial score (nSPS) is 26.2. The van der Waals surface area contributed by atoms with Crippen LogP contribution in [0.4, 0.5) is 0 Å². The molecule has 2 heterocycles. The van der Waals surface area contributed by atoms with Crippen LogP contribution in [0.2, 0.25) is 10.0 Å². The third-order valence-electron chi connectivity index (χ3n) is 6.98. The molecule has 1 N–H and O–H groups in total. The number of nitrogens with one attached hydrogen (secondary N) is 1. The summed E-state index contributed by atoms with van der Waals surface area (Å²) in [5, 5.41) is 4.82. The lowest BCUT2D eigenvalue weighted by atomic mass is 10.0. The quantitative estimate of drug-likeness (QED) is 0.223. The maximum atomic E-state index is 6.34. The van der Waals surface area contributed by atoms with Gasteiger partial charge in [0.15, 0.2) is 12.1 Å². The number of halogens is 2. The topological polar surface area (TPSA) is 49.0 Å². The van der Waals surface area contributed by atoms with Crippen molar-refractivity contribution < 1.29 is 18.9 Å². The van der Waals surface area contributed by atoms with Crippen molar-refractivity contribution in [3.8, 4) is 0 Å². The van der Waals surface area contributed by atoms with Gasteiger partial charge in [-0.05, 0) is 39.3 Å². The fraction of sp³-hybridized carbons (Fsp3) is 0.786. The summed E-state index contributed by atoms with van der Waals surface area (Å²) in [6, 6.07) is 5.55. The minimum Gasteiger partial charge on any atom is -0.350 e. The average Bonchev–Trinajstić information content (AvgIpc) is 3.30. The minimum absolute atomic E-state index is 0.00161. The molecule has 5 atom stereocenters. The van der Waals surface area contributed by atoms with Crippen molar-refractivity contribution in [3.63, 3.8) is 0 Å². The van der Waals surface area contributed by atoms with E-state index in [0.717, 1.165) is 12.0 Å². The molecule has 0 aromatic heterocycles. The van der Waals surface area contributed by atoms with E-state index in [0.29, 0.717) is 23.2 Å². The molecule has 0 aliphatic carbocycles. The lowest BCUT2D eigenvalue weighted by Gasteiger charge is -2.28. The number of ether oxygens (including phenoxy) is 4. The van der Waals surface area contributed by atoms with E-state index >= 15 is 0 Å². The molecule has 2 aliphatic heterocycles. The molecule has 0 amide bonds. The zero-order valence-electron chi connectivity index (χ0n) is 22.0. The van der Waals surface area contributed by atoms with Crippen LogP contribution in [0.3, 0.4) is 0 Å². The van der Waals surface area contributed by atoms with Crippen LogP contribution in [0.5, 0.6) is 0 Å². The van der Waals surface area contributed by atoms with Crippen molar-refractivity contribution in [1.82, 2.24) is 5.32 Å². The fourth-order valence-electron chi connectivity index (χ4n) is 5.00. The summed E-state index contributed by atoms with van der Waals surface area (Å²) in [6.45, 7) is 9.48. The highest BCUT2D eigenvalue weighted by atomic mass is 35.5. The highest BCUT2D eigenvalue weighted by Crippen LogP contribution is 2.40. The minimum atomic E-state index is -0.651. The molecular formula is C28H45Cl2NO4. The van der Waals surface area contributed by atoms with Crippen LogP contribution < -0.4 is 5.32 Å². The summed E-state index contributed by atoms with van der Waals surface area (Å²) in [5.74, 6) is -0.651. The largest absolute Gasteiger partial charge is 0.350 e. The first-order chi connectivity index (χ1) is 16.8. The molecule has 0 bridgehead atoms. The van der Waals surface area contributed by atoms with Crippen molar-refractivity contribution >= 4 is 23.2 Å². The Bertz CT molecular complexity index is 742. The van der Waals surface area contributed by atoms with Crippen LogP contribution in [-0.2, 0) is 25.5 Å². The second-order valence-corrected chi connectivity index (χ2v) is 11.3. The fourth-order valence-corrected chi connectivity index (χ4v) is 5.53. The summed E-state index contributed by atoms with van der Waals surface area (Å²) >= 11 is 12.7. The number of fused-ring (bicyclic) bond motifs is 1. The smallest absolute Gasteiger partial charge is 0.187 e. The molecule has 7 heteroatoms. The van der Waals surface area contributed by atoms with Gasteiger partial charge in [0.25, 0.3) is 0 Å². The lowest BCUT2D eigenvalue weighted by molar-refractivity contribution is -0.236. The molecule has 1 unspecified atom stereocenters. The molecule has 1 aromatic carbocycles. The van der Waals surface area contributed by atoms with Gasteiger partial charge in [0.05, 0.1) is 0 Å². The van der Waals surface area contributed by atoms with Crippen molar-refractivity contribution in [2.45, 2.75) is 135 Å². The zero-order valence-corrected chi connectivity index (χ0v) is 23.5. The van der Waals surface area contributed by atoms with Gasteiger partial charge in [0.1, 0.15) is 18.3 Å². The molecule has 2 fully saturated rings. The van der Waals surface area contributed by atoms with Crippen LogP contribution in [0.15, 0.2) is 18.2 Å². The first kappa shape index (κ1) is 29.2. The summed E-state index contributed by atoms with van der Waals surface area (Å²) in [5.41, 5.74) is 0.884. The van der Waals surface area contributed by atoms with E-state index < -0.39 is 12.1 Å². The number of rotatable bonds is 16. The van der Waals surface area contributed by atoms with Crippen molar-refractivity contribution in [2.24, 2.45) is 0 Å². The van der Waals surface area contributed by atoms with Crippen molar-refractivity contribution in [2.75, 3.05) is 6.61 Å². The Labute approximate surface area is 222 Å². The van der Waals surface area contributed by atoms with E-state index in [2.05, 4.69) is 19.2 Å². The van der Waals surface area contributed by atoms with E-state index in [4.69, 9.17) is 42.1 Å². The second-order valence-electron chi connectivity index (χ2n) is 10.5. The molecule has 200 valence electrons. The van der Waals surface area contributed by atoms with Gasteiger partial charge in [-0.15, -0.1) is 0 Å². The van der Waals surface area contributed by atoms with E-state index in [1.54, 1.807) is 0 Å². The Kier molecular flexibility index (Phi) is 12.1. The number of unbranched alkanes of at least 4 members (excludes halogenated alkanes) is 9. The molecule has 0 spiro atoms. The Morgan fingerprint density at radius 1 is 0.914 bits per heavy atom. The monoisotopic (exact) mass is 529 g/mol. The molecule has 1 aromatic rings. The molecule has 5 nitrogen and oxygen atoms in total. The second kappa shape index (κ2) is 14.5. The number of benzene rings is 1. The molecular weight excluding hydrogens is 485 g/mol. The molecule has 2 aliphatic rings. The van der Waals surface area contributed by atoms with Gasteiger partial charge in [0, 0.05) is 34.8 Å². The van der Waals surface area contributed by atoms with Gasteiger partial charge in [-0.25, -0.2) is 0 Å². The lowest BCUT2D eigenvalue weighted by Crippen LogP contribution is -2.44. The van der Waals surface area contributed by atoms with E-state index in [-0.39, 0.29) is 24.4 Å². The van der Waals surface area contributed by atoms with Crippen LogP contribution in [0.25, 0.3) is 0 Å². The molecule has 0 radical (unpaired) electrons. The maximum absolute atomic E-state index is 6.34. The molecule has 35 heavy (non-hydrogen) atoms. The zero-order chi connectivity index (χ0) is 25.3. The number of hydrogen-bond donors (Lipinski definition) is 1. The predicted molar refractivity (Wildman–Crippen MR) is 143 cm³/mol. The van der Waals surface area contributed by atoms with E-state index in [9.17, 15) is 0 Å². The standard InChI is InChI=1S/C28H45Cl2NO4/c1-5-6-7-8-9-10-11-12-13-14-18-32-27-26-25(34-28(3,4)35-26)24(33-27)20(2)31-19-21-22(29)16-15-17-23(21)30/h15-17,20,24-27,31H,5-14,18-19H2,1-4H3/t20?,24-,25-,26-,27-/m1/s1. The Balaban J connectivity index is 1.41. The Morgan fingerprint density at radius 2 is 1.49 bits per heavy atom. The van der Waals surface area contributed by atoms with Crippen molar-refractivity contribution in [3.05, 3.63) is 33.8 Å². The average molecular weight is 531 g/mol. The van der Waals surface area contributed by atoms with Gasteiger partial charge < -0.3 is 24.3 Å². The van der Waals surface area contributed by atoms with Crippen LogP contribution in [-0.4, -0.2) is 43.0 Å². The Hall–Kier alpha value is -0.400. The third-order valence-corrected chi connectivity index (χ3v) is 7.69. The first-order valence-corrected chi connectivity index (χ1v) is 14.4. The van der Waals surface area contributed by atoms with E-state index in [1.165, 1.54) is 57.8 Å². The van der Waals surface area contributed by atoms with Crippen LogP contribution in [0, 0.1) is 0 Å². The SMILES string of the molecule is CCCCCCCCCCCCO[C@@H]1O[C@H](C(C)NCc2c(Cl)cccc2Cl)[C@H]2OC(C)(C)O[C@@H]12. The van der Waals surface area contributed by atoms with Gasteiger partial charge >= 0.3 is 0 Å². The maximum Gasteiger partial charge on any atom is 0.187 e. The van der Waals surface area contributed by atoms with Crippen molar-refractivity contribution in [1.29, 1.82) is 0 Å². The van der Waals surface area contributed by atoms with Gasteiger partial charge in [-0.1, -0.05) is 94.0 Å². The summed E-state index contributed by atoms with van der Waals surface area (Å²) in [6.07, 6.45) is 12.0. The van der Waals surface area contributed by atoms with Gasteiger partial charge in [-0.3, -0.25) is 0 Å². The summed E-state index contributed by atoms with van der Waals surface area (Å²) in [7, 11) is 0. The Morgan fingerprint density at radius 3 is 2.11 bits per heavy atom. The van der Waals surface area contributed by atoms with Gasteiger partial charge in [-0.2, -0.15) is 0 Å². The van der Waals surface area contributed by atoms with E-state index in [1.807, 2.05) is 32.0 Å². The highest BCUT2D eigenvalue weighted by Gasteiger charge is 2.56.